The summed E-state index contributed by atoms with van der Waals surface area (Å²) in [6.07, 6.45) is -2.65. The molecule has 2 aromatic carbocycles. The van der Waals surface area contributed by atoms with E-state index < -0.39 is 27.9 Å². The lowest BCUT2D eigenvalue weighted by molar-refractivity contribution is -0.114. The van der Waals surface area contributed by atoms with Crippen molar-refractivity contribution in [2.75, 3.05) is 36.0 Å². The molecular weight excluding hydrogens is 451 g/mol. The average Bonchev–Trinajstić information content (AvgIpc) is 3.27. The Morgan fingerprint density at radius 1 is 1.06 bits per heavy atom. The number of alkyl halides is 3. The Labute approximate surface area is 183 Å². The summed E-state index contributed by atoms with van der Waals surface area (Å²) in [6.45, 7) is 0.774. The van der Waals surface area contributed by atoms with Crippen molar-refractivity contribution in [2.24, 2.45) is 0 Å². The number of nitrogens with one attached hydrogen (secondary N) is 2. The molecule has 0 aromatic heterocycles. The third-order valence-electron chi connectivity index (χ3n) is 4.54. The van der Waals surface area contributed by atoms with Crippen molar-refractivity contribution in [3.63, 3.8) is 0 Å². The minimum Gasteiger partial charge on any atom is -0.375 e. The quantitative estimate of drug-likeness (QED) is 0.563. The Hall–Kier alpha value is -2.24. The SMILES string of the molecule is O=C(CNc1ccccc1SCC(F)(F)F)Nc1cccc(S(=O)(=O)N2CCCC2)c1. The van der Waals surface area contributed by atoms with Gasteiger partial charge in [0.05, 0.1) is 17.2 Å². The van der Waals surface area contributed by atoms with Crippen LogP contribution in [0, 0.1) is 0 Å². The maximum atomic E-state index is 12.7. The van der Waals surface area contributed by atoms with Gasteiger partial charge in [-0.1, -0.05) is 18.2 Å². The van der Waals surface area contributed by atoms with Gasteiger partial charge in [-0.25, -0.2) is 8.42 Å². The topological polar surface area (TPSA) is 78.5 Å². The van der Waals surface area contributed by atoms with E-state index in [0.29, 0.717) is 41.1 Å². The lowest BCUT2D eigenvalue weighted by Crippen LogP contribution is -2.28. The first kappa shape index (κ1) is 23.4. The number of hydrogen-bond acceptors (Lipinski definition) is 5. The molecule has 0 spiro atoms. The van der Waals surface area contributed by atoms with Crippen LogP contribution in [-0.4, -0.2) is 50.2 Å². The van der Waals surface area contributed by atoms with E-state index in [2.05, 4.69) is 10.6 Å². The van der Waals surface area contributed by atoms with Gasteiger partial charge in [-0.2, -0.15) is 17.5 Å². The Balaban J connectivity index is 1.61. The third-order valence-corrected chi connectivity index (χ3v) is 7.57. The summed E-state index contributed by atoms with van der Waals surface area (Å²) in [5, 5.41) is 5.45. The van der Waals surface area contributed by atoms with Crippen LogP contribution < -0.4 is 10.6 Å². The standard InChI is InChI=1S/C20H22F3N3O3S2/c21-20(22,23)14-30-18-9-2-1-8-17(18)24-13-19(27)25-15-6-5-7-16(12-15)31(28,29)26-10-3-4-11-26/h1-2,5-9,12,24H,3-4,10-11,13-14H2,(H,25,27). The highest BCUT2D eigenvalue weighted by Gasteiger charge is 2.28. The first-order valence-corrected chi connectivity index (χ1v) is 12.0. The number of sulfonamides is 1. The molecule has 11 heteroatoms. The summed E-state index contributed by atoms with van der Waals surface area (Å²) in [5.74, 6) is -1.48. The third kappa shape index (κ3) is 6.62. The van der Waals surface area contributed by atoms with Crippen molar-refractivity contribution in [2.45, 2.75) is 28.8 Å². The number of rotatable bonds is 8. The summed E-state index contributed by atoms with van der Waals surface area (Å²) in [4.78, 5) is 12.8. The highest BCUT2D eigenvalue weighted by atomic mass is 32.2. The second kappa shape index (κ2) is 9.92. The Morgan fingerprint density at radius 3 is 2.48 bits per heavy atom. The average molecular weight is 474 g/mol. The Bertz CT molecular complexity index is 1020. The van der Waals surface area contributed by atoms with Gasteiger partial charge in [-0.3, -0.25) is 4.79 Å². The van der Waals surface area contributed by atoms with Crippen LogP contribution in [0.15, 0.2) is 58.3 Å². The lowest BCUT2D eigenvalue weighted by Gasteiger charge is -2.16. The number of amides is 1. The van der Waals surface area contributed by atoms with Gasteiger partial charge in [0.15, 0.2) is 0 Å². The van der Waals surface area contributed by atoms with Crippen LogP contribution in [0.4, 0.5) is 24.5 Å². The summed E-state index contributed by atoms with van der Waals surface area (Å²) < 4.78 is 64.2. The molecule has 1 fully saturated rings. The van der Waals surface area contributed by atoms with Crippen molar-refractivity contribution in [1.29, 1.82) is 0 Å². The fourth-order valence-electron chi connectivity index (χ4n) is 3.09. The molecule has 1 amide bonds. The molecule has 1 aliphatic heterocycles. The van der Waals surface area contributed by atoms with Gasteiger partial charge >= 0.3 is 6.18 Å². The number of para-hydroxylation sites is 1. The van der Waals surface area contributed by atoms with Gasteiger partial charge in [-0.05, 0) is 43.2 Å². The van der Waals surface area contributed by atoms with Crippen molar-refractivity contribution in [3.05, 3.63) is 48.5 Å². The highest BCUT2D eigenvalue weighted by molar-refractivity contribution is 7.99. The van der Waals surface area contributed by atoms with E-state index in [-0.39, 0.29) is 11.4 Å². The minimum absolute atomic E-state index is 0.106. The molecule has 0 aliphatic carbocycles. The zero-order valence-corrected chi connectivity index (χ0v) is 18.1. The zero-order chi connectivity index (χ0) is 22.5. The van der Waals surface area contributed by atoms with E-state index in [9.17, 15) is 26.4 Å². The van der Waals surface area contributed by atoms with Gasteiger partial charge < -0.3 is 10.6 Å². The zero-order valence-electron chi connectivity index (χ0n) is 16.5. The molecule has 2 aromatic rings. The van der Waals surface area contributed by atoms with Crippen molar-refractivity contribution in [1.82, 2.24) is 4.31 Å². The van der Waals surface area contributed by atoms with Crippen LogP contribution in [0.25, 0.3) is 0 Å². The maximum absolute atomic E-state index is 12.7. The smallest absolute Gasteiger partial charge is 0.375 e. The molecule has 168 valence electrons. The van der Waals surface area contributed by atoms with E-state index in [1.807, 2.05) is 0 Å². The molecular formula is C20H22F3N3O3S2. The second-order valence-electron chi connectivity index (χ2n) is 6.94. The van der Waals surface area contributed by atoms with Crippen molar-refractivity contribution < 1.29 is 26.4 Å². The number of benzene rings is 2. The van der Waals surface area contributed by atoms with Gasteiger partial charge in [0.2, 0.25) is 15.9 Å². The number of anilines is 2. The largest absolute Gasteiger partial charge is 0.398 e. The number of halogens is 3. The van der Waals surface area contributed by atoms with Crippen LogP contribution in [0.5, 0.6) is 0 Å². The molecule has 6 nitrogen and oxygen atoms in total. The Morgan fingerprint density at radius 2 is 1.77 bits per heavy atom. The molecule has 0 radical (unpaired) electrons. The normalized spacial score (nSPS) is 15.1. The van der Waals surface area contributed by atoms with Gasteiger partial charge in [-0.15, -0.1) is 11.8 Å². The monoisotopic (exact) mass is 473 g/mol. The lowest BCUT2D eigenvalue weighted by atomic mass is 10.3. The number of hydrogen-bond donors (Lipinski definition) is 2. The van der Waals surface area contributed by atoms with E-state index in [0.717, 1.165) is 12.8 Å². The van der Waals surface area contributed by atoms with E-state index >= 15 is 0 Å². The molecule has 0 bridgehead atoms. The molecule has 0 unspecified atom stereocenters. The number of carbonyl (C=O) groups excluding carboxylic acids is 1. The minimum atomic E-state index is -4.30. The van der Waals surface area contributed by atoms with Crippen LogP contribution in [-0.2, 0) is 14.8 Å². The maximum Gasteiger partial charge on any atom is 0.398 e. The van der Waals surface area contributed by atoms with E-state index in [1.54, 1.807) is 36.4 Å². The fourth-order valence-corrected chi connectivity index (χ4v) is 5.44. The molecule has 1 aliphatic rings. The Kier molecular flexibility index (Phi) is 7.50. The van der Waals surface area contributed by atoms with Crippen LogP contribution in [0.3, 0.4) is 0 Å². The molecule has 3 rings (SSSR count). The second-order valence-corrected chi connectivity index (χ2v) is 9.90. The molecule has 1 heterocycles. The summed E-state index contributed by atoms with van der Waals surface area (Å²) >= 11 is 0.636. The fraction of sp³-hybridized carbons (Fsp3) is 0.350. The predicted molar refractivity (Wildman–Crippen MR) is 115 cm³/mol. The molecule has 0 saturated carbocycles. The summed E-state index contributed by atoms with van der Waals surface area (Å²) in [5.41, 5.74) is 0.740. The van der Waals surface area contributed by atoms with Gasteiger partial charge in [0.1, 0.15) is 0 Å². The summed E-state index contributed by atoms with van der Waals surface area (Å²) in [7, 11) is -3.60. The number of thioether (sulfide) groups is 1. The van der Waals surface area contributed by atoms with Crippen molar-refractivity contribution >= 4 is 39.1 Å². The first-order valence-electron chi connectivity index (χ1n) is 9.58. The summed E-state index contributed by atoms with van der Waals surface area (Å²) in [6, 6.07) is 12.4. The molecule has 31 heavy (non-hydrogen) atoms. The molecule has 1 saturated heterocycles. The predicted octanol–water partition coefficient (Wildman–Crippen LogP) is 4.18. The molecule has 2 N–H and O–H groups in total. The van der Waals surface area contributed by atoms with Gasteiger partial charge in [0, 0.05) is 29.4 Å². The van der Waals surface area contributed by atoms with Crippen molar-refractivity contribution in [3.8, 4) is 0 Å². The van der Waals surface area contributed by atoms with Crippen LogP contribution in [0.1, 0.15) is 12.8 Å². The van der Waals surface area contributed by atoms with Crippen LogP contribution in [0.2, 0.25) is 0 Å². The van der Waals surface area contributed by atoms with Crippen LogP contribution >= 0.6 is 11.8 Å². The number of carbonyl (C=O) groups is 1. The molecule has 0 atom stereocenters. The highest BCUT2D eigenvalue weighted by Crippen LogP contribution is 2.32. The first-order chi connectivity index (χ1) is 14.6. The van der Waals surface area contributed by atoms with E-state index in [1.165, 1.54) is 16.4 Å². The van der Waals surface area contributed by atoms with E-state index in [4.69, 9.17) is 0 Å². The number of nitrogens with zero attached hydrogens (tertiary/aromatic N) is 1. The van der Waals surface area contributed by atoms with Gasteiger partial charge in [0.25, 0.3) is 0 Å².